The van der Waals surface area contributed by atoms with E-state index in [1.54, 1.807) is 12.1 Å². The van der Waals surface area contributed by atoms with Gasteiger partial charge in [-0.3, -0.25) is 10.1 Å². The van der Waals surface area contributed by atoms with Crippen LogP contribution in [-0.2, 0) is 12.8 Å². The predicted octanol–water partition coefficient (Wildman–Crippen LogP) is 4.34. The number of nitro benzene ring substituents is 1. The van der Waals surface area contributed by atoms with E-state index in [2.05, 4.69) is 10.2 Å². The Kier molecular flexibility index (Phi) is 4.82. The standard InChI is InChI=1S/C16H13ClN4O2S/c1-20-15(11-6-3-2-4-7-11)18-19-16(20)24-10-12-13(17)8-5-9-14(12)21(22)23/h2-9H,10H2,1H3. The molecule has 6 nitrogen and oxygen atoms in total. The number of thioether (sulfide) groups is 1. The summed E-state index contributed by atoms with van der Waals surface area (Å²) in [6, 6.07) is 14.4. The van der Waals surface area contributed by atoms with Crippen LogP contribution in [0.4, 0.5) is 5.69 Å². The molecule has 0 bridgehead atoms. The minimum atomic E-state index is -0.423. The molecule has 1 aromatic heterocycles. The molecule has 3 rings (SSSR count). The van der Waals surface area contributed by atoms with Crippen LogP contribution in [0.2, 0.25) is 5.02 Å². The molecule has 0 amide bonds. The van der Waals surface area contributed by atoms with Crippen molar-refractivity contribution in [3.05, 3.63) is 69.2 Å². The molecule has 2 aromatic carbocycles. The normalized spacial score (nSPS) is 10.8. The fourth-order valence-electron chi connectivity index (χ4n) is 2.28. The van der Waals surface area contributed by atoms with Gasteiger partial charge in [-0.05, 0) is 6.07 Å². The quantitative estimate of drug-likeness (QED) is 0.384. The van der Waals surface area contributed by atoms with E-state index in [-0.39, 0.29) is 5.69 Å². The van der Waals surface area contributed by atoms with Crippen LogP contribution in [0, 0.1) is 10.1 Å². The van der Waals surface area contributed by atoms with Gasteiger partial charge in [-0.1, -0.05) is 59.8 Å². The number of aromatic nitrogens is 3. The van der Waals surface area contributed by atoms with Crippen molar-refractivity contribution in [2.24, 2.45) is 7.05 Å². The largest absolute Gasteiger partial charge is 0.305 e. The fourth-order valence-corrected chi connectivity index (χ4v) is 3.55. The second-order valence-electron chi connectivity index (χ2n) is 5.01. The molecule has 8 heteroatoms. The van der Waals surface area contributed by atoms with Gasteiger partial charge in [-0.15, -0.1) is 10.2 Å². The highest BCUT2D eigenvalue weighted by Crippen LogP contribution is 2.33. The van der Waals surface area contributed by atoms with Gasteiger partial charge in [0, 0.05) is 24.4 Å². The Morgan fingerprint density at radius 2 is 1.92 bits per heavy atom. The Morgan fingerprint density at radius 1 is 1.17 bits per heavy atom. The highest BCUT2D eigenvalue weighted by atomic mass is 35.5. The minimum Gasteiger partial charge on any atom is -0.305 e. The number of hydrogen-bond donors (Lipinski definition) is 0. The Hall–Kier alpha value is -2.38. The summed E-state index contributed by atoms with van der Waals surface area (Å²) < 4.78 is 1.86. The van der Waals surface area contributed by atoms with Crippen molar-refractivity contribution in [1.29, 1.82) is 0 Å². The van der Waals surface area contributed by atoms with Crippen LogP contribution in [0.15, 0.2) is 53.7 Å². The lowest BCUT2D eigenvalue weighted by atomic mass is 10.2. The first-order valence-electron chi connectivity index (χ1n) is 7.07. The van der Waals surface area contributed by atoms with Gasteiger partial charge in [0.2, 0.25) is 0 Å². The summed E-state index contributed by atoms with van der Waals surface area (Å²) in [7, 11) is 1.87. The monoisotopic (exact) mass is 360 g/mol. The van der Waals surface area contributed by atoms with E-state index < -0.39 is 4.92 Å². The maximum atomic E-state index is 11.1. The summed E-state index contributed by atoms with van der Waals surface area (Å²) in [5.74, 6) is 1.09. The molecule has 1 heterocycles. The maximum Gasteiger partial charge on any atom is 0.274 e. The van der Waals surface area contributed by atoms with Crippen LogP contribution in [0.1, 0.15) is 5.56 Å². The van der Waals surface area contributed by atoms with Gasteiger partial charge in [-0.25, -0.2) is 0 Å². The van der Waals surface area contributed by atoms with Crippen molar-refractivity contribution in [3.8, 4) is 11.4 Å². The molecule has 0 unspecified atom stereocenters. The first-order chi connectivity index (χ1) is 11.6. The fraction of sp³-hybridized carbons (Fsp3) is 0.125. The zero-order valence-electron chi connectivity index (χ0n) is 12.7. The lowest BCUT2D eigenvalue weighted by Gasteiger charge is -2.06. The second-order valence-corrected chi connectivity index (χ2v) is 6.36. The smallest absolute Gasteiger partial charge is 0.274 e. The molecule has 0 fully saturated rings. The van der Waals surface area contributed by atoms with Gasteiger partial charge < -0.3 is 4.57 Å². The van der Waals surface area contributed by atoms with E-state index in [1.165, 1.54) is 17.8 Å². The van der Waals surface area contributed by atoms with Crippen molar-refractivity contribution >= 4 is 29.1 Å². The van der Waals surface area contributed by atoms with Crippen molar-refractivity contribution < 1.29 is 4.92 Å². The maximum absolute atomic E-state index is 11.1. The Morgan fingerprint density at radius 3 is 2.62 bits per heavy atom. The molecule has 3 aromatic rings. The van der Waals surface area contributed by atoms with E-state index >= 15 is 0 Å². The molecule has 0 spiro atoms. The Labute approximate surface area is 147 Å². The molecule has 0 atom stereocenters. The number of benzene rings is 2. The summed E-state index contributed by atoms with van der Waals surface area (Å²) in [6.07, 6.45) is 0. The minimum absolute atomic E-state index is 0.0143. The third kappa shape index (κ3) is 3.27. The second kappa shape index (κ2) is 7.02. The van der Waals surface area contributed by atoms with Crippen LogP contribution in [0.25, 0.3) is 11.4 Å². The average Bonchev–Trinajstić information content (AvgIpc) is 2.95. The Bertz CT molecular complexity index is 883. The third-order valence-electron chi connectivity index (χ3n) is 3.50. The van der Waals surface area contributed by atoms with Crippen LogP contribution >= 0.6 is 23.4 Å². The SMILES string of the molecule is Cn1c(SCc2c(Cl)cccc2[N+](=O)[O-])nnc1-c1ccccc1. The number of nitrogens with zero attached hydrogens (tertiary/aromatic N) is 4. The summed E-state index contributed by atoms with van der Waals surface area (Å²) in [5.41, 5.74) is 1.46. The zero-order chi connectivity index (χ0) is 17.1. The number of hydrogen-bond acceptors (Lipinski definition) is 5. The van der Waals surface area contributed by atoms with Crippen molar-refractivity contribution in [3.63, 3.8) is 0 Å². The zero-order valence-corrected chi connectivity index (χ0v) is 14.3. The van der Waals surface area contributed by atoms with E-state index in [9.17, 15) is 10.1 Å². The number of halogens is 1. The molecule has 0 saturated carbocycles. The molecule has 24 heavy (non-hydrogen) atoms. The van der Waals surface area contributed by atoms with E-state index in [4.69, 9.17) is 11.6 Å². The molecule has 0 aliphatic rings. The molecular formula is C16H13ClN4O2S. The molecule has 0 radical (unpaired) electrons. The predicted molar refractivity (Wildman–Crippen MR) is 94.1 cm³/mol. The molecular weight excluding hydrogens is 348 g/mol. The van der Waals surface area contributed by atoms with Gasteiger partial charge >= 0.3 is 0 Å². The van der Waals surface area contributed by atoms with Crippen molar-refractivity contribution in [1.82, 2.24) is 14.8 Å². The van der Waals surface area contributed by atoms with Crippen molar-refractivity contribution in [2.45, 2.75) is 10.9 Å². The van der Waals surface area contributed by atoms with Crippen LogP contribution in [0.3, 0.4) is 0 Å². The van der Waals surface area contributed by atoms with E-state index in [0.717, 1.165) is 11.4 Å². The van der Waals surface area contributed by atoms with Gasteiger partial charge in [0.25, 0.3) is 5.69 Å². The summed E-state index contributed by atoms with van der Waals surface area (Å²) in [5, 5.41) is 20.6. The molecule has 0 aliphatic carbocycles. The number of nitro groups is 1. The lowest BCUT2D eigenvalue weighted by molar-refractivity contribution is -0.385. The first-order valence-corrected chi connectivity index (χ1v) is 8.43. The third-order valence-corrected chi connectivity index (χ3v) is 4.90. The van der Waals surface area contributed by atoms with Gasteiger partial charge in [-0.2, -0.15) is 0 Å². The van der Waals surface area contributed by atoms with Gasteiger partial charge in [0.15, 0.2) is 11.0 Å². The van der Waals surface area contributed by atoms with Crippen LogP contribution in [-0.4, -0.2) is 19.7 Å². The average molecular weight is 361 g/mol. The van der Waals surface area contributed by atoms with Crippen LogP contribution in [0.5, 0.6) is 0 Å². The topological polar surface area (TPSA) is 73.8 Å². The highest BCUT2D eigenvalue weighted by molar-refractivity contribution is 7.98. The van der Waals surface area contributed by atoms with E-state index in [0.29, 0.717) is 21.5 Å². The molecule has 0 saturated heterocycles. The van der Waals surface area contributed by atoms with Crippen molar-refractivity contribution in [2.75, 3.05) is 0 Å². The van der Waals surface area contributed by atoms with Gasteiger partial charge in [0.05, 0.1) is 15.5 Å². The lowest BCUT2D eigenvalue weighted by Crippen LogP contribution is -1.97. The van der Waals surface area contributed by atoms with E-state index in [1.807, 2.05) is 41.9 Å². The molecule has 122 valence electrons. The summed E-state index contributed by atoms with van der Waals surface area (Å²) in [4.78, 5) is 10.7. The number of rotatable bonds is 5. The van der Waals surface area contributed by atoms with Gasteiger partial charge in [0.1, 0.15) is 0 Å². The first kappa shape index (κ1) is 16.5. The Balaban J connectivity index is 1.84. The molecule has 0 aliphatic heterocycles. The highest BCUT2D eigenvalue weighted by Gasteiger charge is 2.18. The molecule has 0 N–H and O–H groups in total. The summed E-state index contributed by atoms with van der Waals surface area (Å²) in [6.45, 7) is 0. The van der Waals surface area contributed by atoms with Crippen LogP contribution < -0.4 is 0 Å². The summed E-state index contributed by atoms with van der Waals surface area (Å²) >= 11 is 7.48.